The number of carboxylic acid groups (broad SMARTS) is 1. The molecule has 0 fully saturated rings. The van der Waals surface area contributed by atoms with E-state index in [4.69, 9.17) is 4.74 Å². The SMILES string of the molecule is O=C(N[C@H](C(=O)O)n1nnc2ccccc21)OCc1ccccc1. The summed E-state index contributed by atoms with van der Waals surface area (Å²) in [7, 11) is 0. The van der Waals surface area contributed by atoms with E-state index in [9.17, 15) is 14.7 Å². The summed E-state index contributed by atoms with van der Waals surface area (Å²) in [6.45, 7) is 0.0388. The average molecular weight is 326 g/mol. The Labute approximate surface area is 136 Å². The van der Waals surface area contributed by atoms with Gasteiger partial charge >= 0.3 is 12.1 Å². The molecule has 0 radical (unpaired) electrons. The van der Waals surface area contributed by atoms with E-state index in [1.807, 2.05) is 18.2 Å². The summed E-state index contributed by atoms with van der Waals surface area (Å²) >= 11 is 0. The Morgan fingerprint density at radius 1 is 1.12 bits per heavy atom. The molecule has 0 saturated heterocycles. The van der Waals surface area contributed by atoms with E-state index < -0.39 is 18.2 Å². The fourth-order valence-electron chi connectivity index (χ4n) is 2.18. The number of rotatable bonds is 5. The van der Waals surface area contributed by atoms with Gasteiger partial charge in [-0.25, -0.2) is 14.3 Å². The normalized spacial score (nSPS) is 11.8. The minimum absolute atomic E-state index is 0.0388. The number of carbonyl (C=O) groups is 2. The first-order chi connectivity index (χ1) is 11.6. The van der Waals surface area contributed by atoms with E-state index in [0.717, 1.165) is 10.2 Å². The van der Waals surface area contributed by atoms with Crippen molar-refractivity contribution < 1.29 is 19.4 Å². The van der Waals surface area contributed by atoms with Crippen LogP contribution in [-0.4, -0.2) is 32.2 Å². The van der Waals surface area contributed by atoms with Crippen molar-refractivity contribution in [2.24, 2.45) is 0 Å². The number of para-hydroxylation sites is 1. The molecular weight excluding hydrogens is 312 g/mol. The highest BCUT2D eigenvalue weighted by molar-refractivity contribution is 5.81. The number of alkyl carbamates (subject to hydrolysis) is 1. The van der Waals surface area contributed by atoms with Crippen molar-refractivity contribution in [2.75, 3.05) is 0 Å². The molecule has 122 valence electrons. The maximum atomic E-state index is 11.9. The van der Waals surface area contributed by atoms with E-state index in [-0.39, 0.29) is 6.61 Å². The zero-order valence-electron chi connectivity index (χ0n) is 12.5. The molecule has 3 rings (SSSR count). The molecule has 0 aliphatic rings. The van der Waals surface area contributed by atoms with Crippen LogP contribution in [0.3, 0.4) is 0 Å². The van der Waals surface area contributed by atoms with Gasteiger partial charge in [-0.05, 0) is 17.7 Å². The zero-order chi connectivity index (χ0) is 16.9. The molecule has 1 aromatic heterocycles. The smallest absolute Gasteiger partial charge is 0.409 e. The van der Waals surface area contributed by atoms with Gasteiger partial charge in [0.15, 0.2) is 0 Å². The molecule has 0 unspecified atom stereocenters. The van der Waals surface area contributed by atoms with Gasteiger partial charge in [-0.1, -0.05) is 47.7 Å². The van der Waals surface area contributed by atoms with Crippen molar-refractivity contribution in [3.05, 3.63) is 60.2 Å². The Hall–Kier alpha value is -3.42. The van der Waals surface area contributed by atoms with Crippen LogP contribution in [0.2, 0.25) is 0 Å². The van der Waals surface area contributed by atoms with Gasteiger partial charge in [-0.2, -0.15) is 0 Å². The Balaban J connectivity index is 1.72. The number of aromatic nitrogens is 3. The summed E-state index contributed by atoms with van der Waals surface area (Å²) in [6.07, 6.45) is -2.27. The molecule has 3 aromatic rings. The standard InChI is InChI=1S/C16H14N4O4/c21-15(22)14(20-13-9-5-4-8-12(13)18-19-20)17-16(23)24-10-11-6-2-1-3-7-11/h1-9,14H,10H2,(H,17,23)(H,21,22)/t14-/m0/s1. The molecule has 0 aliphatic carbocycles. The summed E-state index contributed by atoms with van der Waals surface area (Å²) in [4.78, 5) is 23.4. The molecule has 2 aromatic carbocycles. The van der Waals surface area contributed by atoms with Crippen LogP contribution in [0, 0.1) is 0 Å². The Kier molecular flexibility index (Phi) is 4.37. The van der Waals surface area contributed by atoms with Gasteiger partial charge in [0.2, 0.25) is 6.17 Å². The Morgan fingerprint density at radius 3 is 2.58 bits per heavy atom. The molecular formula is C16H14N4O4. The maximum absolute atomic E-state index is 11.9. The van der Waals surface area contributed by atoms with E-state index in [1.54, 1.807) is 36.4 Å². The first-order valence-electron chi connectivity index (χ1n) is 7.15. The first kappa shape index (κ1) is 15.5. The van der Waals surface area contributed by atoms with Gasteiger partial charge in [-0.15, -0.1) is 5.10 Å². The molecule has 0 aliphatic heterocycles. The molecule has 1 heterocycles. The number of hydrogen-bond acceptors (Lipinski definition) is 5. The van der Waals surface area contributed by atoms with E-state index in [0.29, 0.717) is 11.0 Å². The summed E-state index contributed by atoms with van der Waals surface area (Å²) in [6, 6.07) is 15.9. The summed E-state index contributed by atoms with van der Waals surface area (Å²) in [5.41, 5.74) is 1.82. The van der Waals surface area contributed by atoms with Crippen LogP contribution in [0.1, 0.15) is 11.7 Å². The fraction of sp³-hybridized carbons (Fsp3) is 0.125. The predicted octanol–water partition coefficient (Wildman–Crippen LogP) is 1.94. The highest BCUT2D eigenvalue weighted by Crippen LogP contribution is 2.14. The number of nitrogens with zero attached hydrogens (tertiary/aromatic N) is 3. The van der Waals surface area contributed by atoms with Gasteiger partial charge in [-0.3, -0.25) is 5.32 Å². The molecule has 2 N–H and O–H groups in total. The van der Waals surface area contributed by atoms with Crippen molar-refractivity contribution in [1.82, 2.24) is 20.3 Å². The lowest BCUT2D eigenvalue weighted by molar-refractivity contribution is -0.142. The summed E-state index contributed by atoms with van der Waals surface area (Å²) in [5, 5.41) is 19.3. The van der Waals surface area contributed by atoms with Crippen molar-refractivity contribution in [3.8, 4) is 0 Å². The third-order valence-corrected chi connectivity index (χ3v) is 3.32. The highest BCUT2D eigenvalue weighted by Gasteiger charge is 2.25. The highest BCUT2D eigenvalue weighted by atomic mass is 16.5. The molecule has 24 heavy (non-hydrogen) atoms. The molecule has 8 heteroatoms. The van der Waals surface area contributed by atoms with Crippen molar-refractivity contribution in [2.45, 2.75) is 12.8 Å². The van der Waals surface area contributed by atoms with Gasteiger partial charge in [0, 0.05) is 0 Å². The van der Waals surface area contributed by atoms with Crippen LogP contribution in [0.4, 0.5) is 4.79 Å². The lowest BCUT2D eigenvalue weighted by Gasteiger charge is -2.15. The summed E-state index contributed by atoms with van der Waals surface area (Å²) < 4.78 is 6.17. The third-order valence-electron chi connectivity index (χ3n) is 3.32. The van der Waals surface area contributed by atoms with Gasteiger partial charge in [0.05, 0.1) is 5.52 Å². The second-order valence-corrected chi connectivity index (χ2v) is 4.97. The van der Waals surface area contributed by atoms with Gasteiger partial charge in [0.1, 0.15) is 12.1 Å². The summed E-state index contributed by atoms with van der Waals surface area (Å²) in [5.74, 6) is -1.28. The topological polar surface area (TPSA) is 106 Å². The minimum atomic E-state index is -1.42. The van der Waals surface area contributed by atoms with Crippen LogP contribution in [0.15, 0.2) is 54.6 Å². The number of aliphatic carboxylic acids is 1. The lowest BCUT2D eigenvalue weighted by atomic mass is 10.2. The fourth-order valence-corrected chi connectivity index (χ4v) is 2.18. The largest absolute Gasteiger partial charge is 0.478 e. The van der Waals surface area contributed by atoms with Crippen LogP contribution >= 0.6 is 0 Å². The number of carbonyl (C=O) groups excluding carboxylic acids is 1. The number of hydrogen-bond donors (Lipinski definition) is 2. The van der Waals surface area contributed by atoms with Crippen molar-refractivity contribution in [1.29, 1.82) is 0 Å². The Morgan fingerprint density at radius 2 is 1.83 bits per heavy atom. The molecule has 1 atom stereocenters. The second-order valence-electron chi connectivity index (χ2n) is 4.97. The van der Waals surface area contributed by atoms with Crippen LogP contribution < -0.4 is 5.32 Å². The minimum Gasteiger partial charge on any atom is -0.478 e. The van der Waals surface area contributed by atoms with Gasteiger partial charge in [0.25, 0.3) is 0 Å². The maximum Gasteiger partial charge on any atom is 0.409 e. The monoisotopic (exact) mass is 326 g/mol. The number of ether oxygens (including phenoxy) is 1. The van der Waals surface area contributed by atoms with Crippen LogP contribution in [-0.2, 0) is 16.1 Å². The van der Waals surface area contributed by atoms with Crippen molar-refractivity contribution in [3.63, 3.8) is 0 Å². The first-order valence-corrected chi connectivity index (χ1v) is 7.15. The van der Waals surface area contributed by atoms with Gasteiger partial charge < -0.3 is 9.84 Å². The number of benzene rings is 2. The number of amides is 1. The zero-order valence-corrected chi connectivity index (χ0v) is 12.5. The van der Waals surface area contributed by atoms with Crippen molar-refractivity contribution >= 4 is 23.1 Å². The quantitative estimate of drug-likeness (QED) is 0.742. The van der Waals surface area contributed by atoms with E-state index in [2.05, 4.69) is 15.6 Å². The molecule has 8 nitrogen and oxygen atoms in total. The number of carboxylic acids is 1. The number of fused-ring (bicyclic) bond motifs is 1. The Bertz CT molecular complexity index is 863. The van der Waals surface area contributed by atoms with E-state index in [1.165, 1.54) is 0 Å². The number of nitrogens with one attached hydrogen (secondary N) is 1. The predicted molar refractivity (Wildman–Crippen MR) is 84.0 cm³/mol. The molecule has 0 bridgehead atoms. The van der Waals surface area contributed by atoms with Crippen LogP contribution in [0.25, 0.3) is 11.0 Å². The average Bonchev–Trinajstić information content (AvgIpc) is 3.02. The molecule has 0 saturated carbocycles. The second kappa shape index (κ2) is 6.78. The molecule has 1 amide bonds. The van der Waals surface area contributed by atoms with E-state index >= 15 is 0 Å². The molecule has 0 spiro atoms. The third kappa shape index (κ3) is 3.32. The van der Waals surface area contributed by atoms with Crippen LogP contribution in [0.5, 0.6) is 0 Å². The lowest BCUT2D eigenvalue weighted by Crippen LogP contribution is -2.38.